The molecule has 8 nitrogen and oxygen atoms in total. The van der Waals surface area contributed by atoms with Gasteiger partial charge in [-0.15, -0.1) is 0 Å². The zero-order valence-electron chi connectivity index (χ0n) is 14.6. The lowest BCUT2D eigenvalue weighted by Gasteiger charge is -2.23. The molecule has 1 aromatic rings. The first kappa shape index (κ1) is 16.6. The molecule has 4 atom stereocenters. The van der Waals surface area contributed by atoms with Gasteiger partial charge < -0.3 is 29.5 Å². The van der Waals surface area contributed by atoms with Crippen LogP contribution in [0.1, 0.15) is 6.42 Å². The quantitative estimate of drug-likeness (QED) is 0.566. The molecule has 1 spiro atoms. The van der Waals surface area contributed by atoms with E-state index >= 15 is 0 Å². The second-order valence-corrected chi connectivity index (χ2v) is 7.23. The lowest BCUT2D eigenvalue weighted by atomic mass is 9.77. The molecule has 8 heteroatoms. The van der Waals surface area contributed by atoms with Gasteiger partial charge in [-0.1, -0.05) is 12.2 Å². The minimum Gasteiger partial charge on any atom is -0.454 e. The Morgan fingerprint density at radius 2 is 2.19 bits per heavy atom. The molecule has 0 radical (unpaired) electrons. The third-order valence-electron chi connectivity index (χ3n) is 5.71. The van der Waals surface area contributed by atoms with E-state index in [1.807, 2.05) is 18.2 Å². The number of aliphatic hydroxyl groups excluding tert-OH is 1. The highest BCUT2D eigenvalue weighted by atomic mass is 16.7. The second kappa shape index (κ2) is 5.97. The number of rotatable bonds is 5. The van der Waals surface area contributed by atoms with Crippen LogP contribution >= 0.6 is 0 Å². The summed E-state index contributed by atoms with van der Waals surface area (Å²) in [6, 6.07) is 5.38. The van der Waals surface area contributed by atoms with Crippen molar-refractivity contribution in [3.63, 3.8) is 0 Å². The number of hydrogen-bond donors (Lipinski definition) is 2. The van der Waals surface area contributed by atoms with Crippen molar-refractivity contribution in [2.24, 2.45) is 11.8 Å². The summed E-state index contributed by atoms with van der Waals surface area (Å²) in [5.41, 5.74) is -0.0650. The normalized spacial score (nSPS) is 32.3. The molecule has 5 rings (SSSR count). The Balaban J connectivity index is 1.42. The monoisotopic (exact) mass is 372 g/mol. The average Bonchev–Trinajstić information content (AvgIpc) is 3.41. The van der Waals surface area contributed by atoms with E-state index in [9.17, 15) is 9.59 Å². The van der Waals surface area contributed by atoms with Crippen LogP contribution in [-0.2, 0) is 14.3 Å². The van der Waals surface area contributed by atoms with Crippen molar-refractivity contribution in [2.75, 3.05) is 31.4 Å². The molecule has 2 bridgehead atoms. The van der Waals surface area contributed by atoms with E-state index < -0.39 is 17.4 Å². The Labute approximate surface area is 155 Å². The van der Waals surface area contributed by atoms with E-state index in [0.717, 1.165) is 0 Å². The van der Waals surface area contributed by atoms with E-state index in [4.69, 9.17) is 19.3 Å². The maximum atomic E-state index is 13.2. The average molecular weight is 372 g/mol. The highest BCUT2D eigenvalue weighted by Crippen LogP contribution is 2.53. The number of fused-ring (bicyclic) bond motifs is 2. The van der Waals surface area contributed by atoms with Crippen LogP contribution in [0.3, 0.4) is 0 Å². The van der Waals surface area contributed by atoms with Crippen molar-refractivity contribution in [3.05, 3.63) is 30.4 Å². The molecule has 4 aliphatic rings. The van der Waals surface area contributed by atoms with Crippen LogP contribution in [0.5, 0.6) is 11.5 Å². The third kappa shape index (κ3) is 2.36. The lowest BCUT2D eigenvalue weighted by Crippen LogP contribution is -2.44. The van der Waals surface area contributed by atoms with Gasteiger partial charge in [-0.25, -0.2) is 0 Å². The summed E-state index contributed by atoms with van der Waals surface area (Å²) in [4.78, 5) is 27.6. The molecule has 1 aromatic carbocycles. The molecule has 4 aliphatic heterocycles. The van der Waals surface area contributed by atoms with Crippen molar-refractivity contribution in [3.8, 4) is 11.5 Å². The van der Waals surface area contributed by atoms with E-state index in [1.165, 1.54) is 0 Å². The smallest absolute Gasteiger partial charge is 0.234 e. The number of carbonyl (C=O) groups excluding carboxylic acids is 2. The Morgan fingerprint density at radius 1 is 1.33 bits per heavy atom. The predicted molar refractivity (Wildman–Crippen MR) is 93.4 cm³/mol. The largest absolute Gasteiger partial charge is 0.454 e. The number of carbonyl (C=O) groups is 2. The fourth-order valence-electron chi connectivity index (χ4n) is 4.48. The maximum Gasteiger partial charge on any atom is 0.234 e. The van der Waals surface area contributed by atoms with Gasteiger partial charge in [-0.05, 0) is 18.6 Å². The molecule has 27 heavy (non-hydrogen) atoms. The topological polar surface area (TPSA) is 97.3 Å². The van der Waals surface area contributed by atoms with E-state index in [-0.39, 0.29) is 31.3 Å². The molecule has 0 aromatic heterocycles. The number of anilines is 1. The van der Waals surface area contributed by atoms with Gasteiger partial charge in [-0.3, -0.25) is 9.59 Å². The summed E-state index contributed by atoms with van der Waals surface area (Å²) < 4.78 is 16.8. The van der Waals surface area contributed by atoms with Crippen molar-refractivity contribution in [2.45, 2.75) is 18.1 Å². The van der Waals surface area contributed by atoms with Crippen LogP contribution in [0.15, 0.2) is 30.4 Å². The summed E-state index contributed by atoms with van der Waals surface area (Å²) in [7, 11) is 0. The molecule has 2 amide bonds. The minimum atomic E-state index is -0.767. The molecule has 4 heterocycles. The highest BCUT2D eigenvalue weighted by molar-refractivity contribution is 6.03. The van der Waals surface area contributed by atoms with Crippen LogP contribution in [0.25, 0.3) is 0 Å². The van der Waals surface area contributed by atoms with Crippen LogP contribution < -0.4 is 19.7 Å². The van der Waals surface area contributed by atoms with Crippen LogP contribution in [0, 0.1) is 11.8 Å². The van der Waals surface area contributed by atoms with Gasteiger partial charge in [0.2, 0.25) is 18.6 Å². The SMILES string of the molecule is O=C(NCCCO)[C@@H]1[C@H]2C=C[C@@]3(CN(c4ccc5c(c4)OCO5)C(=O)[C@@H]13)O2. The maximum absolute atomic E-state index is 13.2. The second-order valence-electron chi connectivity index (χ2n) is 7.23. The van der Waals surface area contributed by atoms with Crippen LogP contribution in [0.2, 0.25) is 0 Å². The summed E-state index contributed by atoms with van der Waals surface area (Å²) in [6.07, 6.45) is 3.90. The van der Waals surface area contributed by atoms with Gasteiger partial charge in [-0.2, -0.15) is 0 Å². The Morgan fingerprint density at radius 3 is 3.04 bits per heavy atom. The van der Waals surface area contributed by atoms with Crippen LogP contribution in [0.4, 0.5) is 5.69 Å². The Kier molecular flexibility index (Phi) is 3.66. The van der Waals surface area contributed by atoms with Crippen molar-refractivity contribution in [1.82, 2.24) is 5.32 Å². The fraction of sp³-hybridized carbons (Fsp3) is 0.474. The van der Waals surface area contributed by atoms with Crippen molar-refractivity contribution < 1.29 is 28.9 Å². The van der Waals surface area contributed by atoms with Crippen LogP contribution in [-0.4, -0.2) is 55.1 Å². The number of ether oxygens (including phenoxy) is 3. The van der Waals surface area contributed by atoms with E-state index in [0.29, 0.717) is 36.7 Å². The number of amides is 2. The Hall–Kier alpha value is -2.58. The molecule has 0 unspecified atom stereocenters. The molecule has 2 N–H and O–H groups in total. The number of hydrogen-bond acceptors (Lipinski definition) is 6. The predicted octanol–water partition coefficient (Wildman–Crippen LogP) is 0.200. The fourth-order valence-corrected chi connectivity index (χ4v) is 4.48. The third-order valence-corrected chi connectivity index (χ3v) is 5.71. The highest BCUT2D eigenvalue weighted by Gasteiger charge is 2.67. The zero-order chi connectivity index (χ0) is 18.6. The number of nitrogens with one attached hydrogen (secondary N) is 1. The van der Waals surface area contributed by atoms with Crippen molar-refractivity contribution >= 4 is 17.5 Å². The molecule has 0 saturated carbocycles. The van der Waals surface area contributed by atoms with Gasteiger partial charge in [0, 0.05) is 24.9 Å². The van der Waals surface area contributed by atoms with Gasteiger partial charge >= 0.3 is 0 Å². The summed E-state index contributed by atoms with van der Waals surface area (Å²) in [5, 5.41) is 11.7. The van der Waals surface area contributed by atoms with E-state index in [2.05, 4.69) is 5.32 Å². The molecule has 2 fully saturated rings. The van der Waals surface area contributed by atoms with Gasteiger partial charge in [0.25, 0.3) is 0 Å². The van der Waals surface area contributed by atoms with Crippen molar-refractivity contribution in [1.29, 1.82) is 0 Å². The van der Waals surface area contributed by atoms with Gasteiger partial charge in [0.1, 0.15) is 5.60 Å². The van der Waals surface area contributed by atoms with Gasteiger partial charge in [0.15, 0.2) is 11.5 Å². The first-order valence-corrected chi connectivity index (χ1v) is 9.10. The standard InChI is InChI=1S/C19H20N2O6/c22-7-1-6-20-17(23)15-13-4-5-19(27-13)9-21(18(24)16(15)19)11-2-3-12-14(8-11)26-10-25-12/h2-5,8,13,15-16,22H,1,6-7,9-10H2,(H,20,23)/t13-,15-,16-,19+/m1/s1. The molecular weight excluding hydrogens is 352 g/mol. The first-order chi connectivity index (χ1) is 13.1. The van der Waals surface area contributed by atoms with Gasteiger partial charge in [0.05, 0.1) is 24.5 Å². The molecule has 0 aliphatic carbocycles. The summed E-state index contributed by atoms with van der Waals surface area (Å²) in [5.74, 6) is -0.170. The zero-order valence-corrected chi connectivity index (χ0v) is 14.6. The number of benzene rings is 1. The van der Waals surface area contributed by atoms with E-state index in [1.54, 1.807) is 17.0 Å². The molecule has 2 saturated heterocycles. The summed E-state index contributed by atoms with van der Waals surface area (Å²) >= 11 is 0. The number of aliphatic hydroxyl groups is 1. The molecule has 142 valence electrons. The first-order valence-electron chi connectivity index (χ1n) is 9.10. The Bertz CT molecular complexity index is 839. The summed E-state index contributed by atoms with van der Waals surface area (Å²) in [6.45, 7) is 0.920. The number of nitrogens with zero attached hydrogens (tertiary/aromatic N) is 1. The molecular formula is C19H20N2O6. The lowest BCUT2D eigenvalue weighted by molar-refractivity contribution is -0.131. The minimum absolute atomic E-state index is 0.00890.